The number of nitrogens with zero attached hydrogens (tertiary/aromatic N) is 1. The molecule has 2 heterocycles. The Bertz CT molecular complexity index is 873. The Labute approximate surface area is 162 Å². The Morgan fingerprint density at radius 3 is 2.63 bits per heavy atom. The Morgan fingerprint density at radius 1 is 1.15 bits per heavy atom. The number of carbonyl (C=O) groups excluding carboxylic acids is 2. The summed E-state index contributed by atoms with van der Waals surface area (Å²) in [4.78, 5) is 27.8. The van der Waals surface area contributed by atoms with Crippen LogP contribution in [0.1, 0.15) is 22.0 Å². The van der Waals surface area contributed by atoms with Crippen LogP contribution < -0.4 is 9.47 Å². The summed E-state index contributed by atoms with van der Waals surface area (Å²) in [6.45, 7) is 0.475. The fourth-order valence-corrected chi connectivity index (χ4v) is 4.04. The lowest BCUT2D eigenvalue weighted by Gasteiger charge is -2.33. The fourth-order valence-electron chi connectivity index (χ4n) is 3.14. The van der Waals surface area contributed by atoms with Gasteiger partial charge < -0.3 is 19.1 Å². The molecule has 3 rings (SSSR count). The van der Waals surface area contributed by atoms with E-state index in [9.17, 15) is 9.59 Å². The third-order valence-corrected chi connectivity index (χ3v) is 5.50. The molecule has 1 atom stereocenters. The van der Waals surface area contributed by atoms with Crippen molar-refractivity contribution in [2.24, 2.45) is 0 Å². The topological polar surface area (TPSA) is 65.1 Å². The van der Waals surface area contributed by atoms with Crippen LogP contribution in [-0.4, -0.2) is 44.7 Å². The average Bonchev–Trinajstić information content (AvgIpc) is 3.19. The highest BCUT2D eigenvalue weighted by atomic mass is 32.1. The van der Waals surface area contributed by atoms with Crippen molar-refractivity contribution in [2.45, 2.75) is 12.5 Å². The summed E-state index contributed by atoms with van der Waals surface area (Å²) in [6, 6.07) is 6.58. The van der Waals surface area contributed by atoms with Crippen molar-refractivity contribution in [3.8, 4) is 11.5 Å². The maximum absolute atomic E-state index is 12.8. The maximum Gasteiger partial charge on any atom is 0.333 e. The Balaban J connectivity index is 1.83. The summed E-state index contributed by atoms with van der Waals surface area (Å²) in [6.07, 6.45) is 3.90. The highest BCUT2D eigenvalue weighted by Crippen LogP contribution is 2.34. The number of fused-ring (bicyclic) bond motifs is 1. The largest absolute Gasteiger partial charge is 0.493 e. The summed E-state index contributed by atoms with van der Waals surface area (Å²) in [5.41, 5.74) is 1.65. The van der Waals surface area contributed by atoms with Gasteiger partial charge in [0.1, 0.15) is 0 Å². The Morgan fingerprint density at radius 2 is 1.93 bits per heavy atom. The minimum absolute atomic E-state index is 0.239. The number of ether oxygens (including phenoxy) is 3. The van der Waals surface area contributed by atoms with Crippen molar-refractivity contribution in [1.82, 2.24) is 4.90 Å². The molecule has 1 aromatic heterocycles. The molecule has 6 nitrogen and oxygen atoms in total. The number of rotatable bonds is 5. The van der Waals surface area contributed by atoms with Gasteiger partial charge in [-0.2, -0.15) is 0 Å². The molecule has 2 aromatic rings. The molecule has 0 saturated carbocycles. The van der Waals surface area contributed by atoms with Crippen molar-refractivity contribution in [1.29, 1.82) is 0 Å². The standard InChI is InChI=1S/C20H21NO5S/c1-24-15-6-4-13(12-16(15)25-2)5-7-18(22)21-10-8-17-14(9-11-27-17)19(21)20(23)26-3/h4-7,9,11-12,19H,8,10H2,1-3H3/b7-5+. The lowest BCUT2D eigenvalue weighted by Crippen LogP contribution is -2.42. The van der Waals surface area contributed by atoms with Gasteiger partial charge in [-0.1, -0.05) is 6.07 Å². The first-order valence-electron chi connectivity index (χ1n) is 8.43. The molecule has 0 bridgehead atoms. The van der Waals surface area contributed by atoms with Crippen LogP contribution in [0.2, 0.25) is 0 Å². The van der Waals surface area contributed by atoms with Gasteiger partial charge in [-0.05, 0) is 47.2 Å². The van der Waals surface area contributed by atoms with Crippen LogP contribution in [0.4, 0.5) is 0 Å². The van der Waals surface area contributed by atoms with Gasteiger partial charge in [-0.3, -0.25) is 4.79 Å². The van der Waals surface area contributed by atoms with Gasteiger partial charge in [0.05, 0.1) is 21.3 Å². The number of amides is 1. The van der Waals surface area contributed by atoms with Crippen LogP contribution in [0.3, 0.4) is 0 Å². The van der Waals surface area contributed by atoms with Crippen LogP contribution in [0, 0.1) is 0 Å². The molecule has 1 unspecified atom stereocenters. The summed E-state index contributed by atoms with van der Waals surface area (Å²) in [5, 5.41) is 1.94. The number of esters is 1. The van der Waals surface area contributed by atoms with Gasteiger partial charge >= 0.3 is 5.97 Å². The zero-order valence-electron chi connectivity index (χ0n) is 15.4. The van der Waals surface area contributed by atoms with Gasteiger partial charge in [0.15, 0.2) is 17.5 Å². The fraction of sp³-hybridized carbons (Fsp3) is 0.300. The predicted octanol–water partition coefficient (Wildman–Crippen LogP) is 3.08. The van der Waals surface area contributed by atoms with E-state index in [-0.39, 0.29) is 5.91 Å². The summed E-state index contributed by atoms with van der Waals surface area (Å²) in [7, 11) is 4.47. The van der Waals surface area contributed by atoms with Gasteiger partial charge in [-0.25, -0.2) is 4.79 Å². The SMILES string of the molecule is COC(=O)C1c2ccsc2CCN1C(=O)/C=C/c1ccc(OC)c(OC)c1. The van der Waals surface area contributed by atoms with Crippen LogP contribution in [0.25, 0.3) is 6.08 Å². The van der Waals surface area contributed by atoms with Crippen LogP contribution in [0.5, 0.6) is 11.5 Å². The quantitative estimate of drug-likeness (QED) is 0.583. The molecule has 0 N–H and O–H groups in total. The van der Waals surface area contributed by atoms with E-state index in [1.165, 1.54) is 13.2 Å². The maximum atomic E-state index is 12.8. The van der Waals surface area contributed by atoms with Crippen molar-refractivity contribution in [2.75, 3.05) is 27.9 Å². The average molecular weight is 387 g/mol. The molecule has 1 aromatic carbocycles. The van der Waals surface area contributed by atoms with Crippen LogP contribution >= 0.6 is 11.3 Å². The normalized spacial score (nSPS) is 16.1. The molecule has 1 amide bonds. The lowest BCUT2D eigenvalue weighted by molar-refractivity contribution is -0.152. The first-order chi connectivity index (χ1) is 13.1. The zero-order valence-corrected chi connectivity index (χ0v) is 16.2. The second-order valence-corrected chi connectivity index (χ2v) is 6.95. The first-order valence-corrected chi connectivity index (χ1v) is 9.31. The minimum Gasteiger partial charge on any atom is -0.493 e. The molecule has 27 heavy (non-hydrogen) atoms. The second-order valence-electron chi connectivity index (χ2n) is 5.95. The van der Waals surface area contributed by atoms with E-state index < -0.39 is 12.0 Å². The summed E-state index contributed by atoms with van der Waals surface area (Å²) >= 11 is 1.60. The molecule has 7 heteroatoms. The number of benzene rings is 1. The van der Waals surface area contributed by atoms with E-state index in [0.29, 0.717) is 18.0 Å². The highest BCUT2D eigenvalue weighted by Gasteiger charge is 2.36. The van der Waals surface area contributed by atoms with Gasteiger partial charge in [0.2, 0.25) is 5.91 Å². The van der Waals surface area contributed by atoms with Gasteiger partial charge in [0.25, 0.3) is 0 Å². The van der Waals surface area contributed by atoms with Crippen molar-refractivity contribution in [3.63, 3.8) is 0 Å². The molecule has 142 valence electrons. The van der Waals surface area contributed by atoms with E-state index in [1.54, 1.807) is 48.7 Å². The highest BCUT2D eigenvalue weighted by molar-refractivity contribution is 7.10. The van der Waals surface area contributed by atoms with E-state index in [4.69, 9.17) is 14.2 Å². The lowest BCUT2D eigenvalue weighted by atomic mass is 9.99. The van der Waals surface area contributed by atoms with Crippen molar-refractivity contribution < 1.29 is 23.8 Å². The molecule has 0 saturated heterocycles. The Hall–Kier alpha value is -2.80. The van der Waals surface area contributed by atoms with Crippen LogP contribution in [0.15, 0.2) is 35.7 Å². The van der Waals surface area contributed by atoms with Crippen molar-refractivity contribution in [3.05, 3.63) is 51.7 Å². The predicted molar refractivity (Wildman–Crippen MR) is 103 cm³/mol. The zero-order chi connectivity index (χ0) is 19.4. The number of hydrogen-bond acceptors (Lipinski definition) is 6. The van der Waals surface area contributed by atoms with Crippen molar-refractivity contribution >= 4 is 29.3 Å². The van der Waals surface area contributed by atoms with E-state index >= 15 is 0 Å². The van der Waals surface area contributed by atoms with Gasteiger partial charge in [0, 0.05) is 17.5 Å². The smallest absolute Gasteiger partial charge is 0.333 e. The molecule has 1 aliphatic heterocycles. The molecule has 0 aliphatic carbocycles. The molecule has 0 spiro atoms. The monoisotopic (exact) mass is 387 g/mol. The third-order valence-electron chi connectivity index (χ3n) is 4.50. The van der Waals surface area contributed by atoms with Gasteiger partial charge in [-0.15, -0.1) is 11.3 Å². The molecule has 0 radical (unpaired) electrons. The van der Waals surface area contributed by atoms with Crippen LogP contribution in [-0.2, 0) is 20.7 Å². The van der Waals surface area contributed by atoms with E-state index in [1.807, 2.05) is 17.5 Å². The first kappa shape index (κ1) is 19.0. The number of hydrogen-bond donors (Lipinski definition) is 0. The molecular formula is C20H21NO5S. The minimum atomic E-state index is -0.701. The molecular weight excluding hydrogens is 366 g/mol. The van der Waals surface area contributed by atoms with E-state index in [2.05, 4.69) is 0 Å². The number of carbonyl (C=O) groups is 2. The molecule has 1 aliphatic rings. The summed E-state index contributed by atoms with van der Waals surface area (Å²) in [5.74, 6) is 0.535. The third kappa shape index (κ3) is 3.83. The Kier molecular flexibility index (Phi) is 5.81. The number of thiophene rings is 1. The van der Waals surface area contributed by atoms with E-state index in [0.717, 1.165) is 22.4 Å². The molecule has 0 fully saturated rings. The number of methoxy groups -OCH3 is 3. The second kappa shape index (κ2) is 8.26. The summed E-state index contributed by atoms with van der Waals surface area (Å²) < 4.78 is 15.4.